The normalized spacial score (nSPS) is 11.3. The SMILES string of the molecule is C=NCS/C=C(\N=C)c1csc(-c2ccc(C)cc2)n1. The summed E-state index contributed by atoms with van der Waals surface area (Å²) in [6.45, 7) is 9.12. The molecule has 0 radical (unpaired) electrons. The van der Waals surface area contributed by atoms with E-state index in [0.717, 1.165) is 22.0 Å². The van der Waals surface area contributed by atoms with E-state index >= 15 is 0 Å². The number of thiazole rings is 1. The largest absolute Gasteiger partial charge is 0.290 e. The maximum atomic E-state index is 4.62. The summed E-state index contributed by atoms with van der Waals surface area (Å²) in [5, 5.41) is 4.90. The lowest BCUT2D eigenvalue weighted by Gasteiger charge is -1.98. The fraction of sp³-hybridized carbons (Fsp3) is 0.133. The Hall–Kier alpha value is -1.72. The van der Waals surface area contributed by atoms with Gasteiger partial charge in [0.2, 0.25) is 0 Å². The predicted molar refractivity (Wildman–Crippen MR) is 91.8 cm³/mol. The van der Waals surface area contributed by atoms with E-state index in [1.165, 1.54) is 17.3 Å². The molecular weight excluding hydrogens is 286 g/mol. The summed E-state index contributed by atoms with van der Waals surface area (Å²) < 4.78 is 0. The molecule has 0 atom stereocenters. The van der Waals surface area contributed by atoms with Gasteiger partial charge in [-0.15, -0.1) is 23.1 Å². The van der Waals surface area contributed by atoms with Gasteiger partial charge in [-0.3, -0.25) is 9.98 Å². The third-order valence-corrected chi connectivity index (χ3v) is 4.21. The maximum absolute atomic E-state index is 4.62. The highest BCUT2D eigenvalue weighted by atomic mass is 32.2. The van der Waals surface area contributed by atoms with Crippen molar-refractivity contribution in [1.82, 2.24) is 4.98 Å². The third-order valence-electron chi connectivity index (χ3n) is 2.60. The molecule has 1 aromatic heterocycles. The molecule has 0 bridgehead atoms. The Morgan fingerprint density at radius 1 is 1.35 bits per heavy atom. The summed E-state index contributed by atoms with van der Waals surface area (Å²) in [6.07, 6.45) is 0. The highest BCUT2D eigenvalue weighted by molar-refractivity contribution is 8.02. The molecule has 0 spiro atoms. The number of aromatic nitrogens is 1. The lowest BCUT2D eigenvalue weighted by Crippen LogP contribution is -1.82. The predicted octanol–water partition coefficient (Wildman–Crippen LogP) is 4.51. The second-order valence-corrected chi connectivity index (χ2v) is 5.77. The molecule has 0 aliphatic heterocycles. The molecule has 0 saturated carbocycles. The van der Waals surface area contributed by atoms with Gasteiger partial charge in [-0.25, -0.2) is 4.98 Å². The zero-order chi connectivity index (χ0) is 14.4. The Balaban J connectivity index is 2.23. The van der Waals surface area contributed by atoms with Crippen molar-refractivity contribution in [2.75, 3.05) is 5.88 Å². The standard InChI is InChI=1S/C15H15N3S2/c1-11-4-6-12(7-5-11)15-18-14(9-20-15)13(17-3)8-19-10-16-2/h4-9H,2-3,10H2,1H3/b13-8-. The molecule has 0 amide bonds. The van der Waals surface area contributed by atoms with Gasteiger partial charge in [0.15, 0.2) is 0 Å². The summed E-state index contributed by atoms with van der Waals surface area (Å²) in [4.78, 5) is 12.4. The molecule has 2 aromatic rings. The number of nitrogens with zero attached hydrogens (tertiary/aromatic N) is 3. The minimum Gasteiger partial charge on any atom is -0.290 e. The van der Waals surface area contributed by atoms with Crippen LogP contribution >= 0.6 is 23.1 Å². The van der Waals surface area contributed by atoms with Crippen LogP contribution in [0.4, 0.5) is 0 Å². The number of aryl methyl sites for hydroxylation is 1. The lowest BCUT2D eigenvalue weighted by molar-refractivity contribution is 1.33. The van der Waals surface area contributed by atoms with E-state index in [1.54, 1.807) is 11.3 Å². The van der Waals surface area contributed by atoms with Gasteiger partial charge in [-0.2, -0.15) is 0 Å². The Labute approximate surface area is 127 Å². The molecule has 0 fully saturated rings. The van der Waals surface area contributed by atoms with Crippen LogP contribution < -0.4 is 0 Å². The molecule has 1 aromatic carbocycles. The zero-order valence-corrected chi connectivity index (χ0v) is 12.9. The van der Waals surface area contributed by atoms with Gasteiger partial charge in [0.25, 0.3) is 0 Å². The van der Waals surface area contributed by atoms with E-state index in [4.69, 9.17) is 0 Å². The molecule has 1 heterocycles. The van der Waals surface area contributed by atoms with Crippen LogP contribution in [0.25, 0.3) is 16.3 Å². The number of thioether (sulfide) groups is 1. The number of rotatable bonds is 6. The van der Waals surface area contributed by atoms with Crippen LogP contribution in [-0.2, 0) is 0 Å². The molecule has 2 rings (SSSR count). The topological polar surface area (TPSA) is 37.6 Å². The number of aliphatic imine (C=N–C) groups is 2. The smallest absolute Gasteiger partial charge is 0.124 e. The zero-order valence-electron chi connectivity index (χ0n) is 11.2. The average molecular weight is 301 g/mol. The van der Waals surface area contributed by atoms with Gasteiger partial charge < -0.3 is 0 Å². The van der Waals surface area contributed by atoms with Crippen molar-refractivity contribution >= 4 is 42.2 Å². The molecule has 0 aliphatic rings. The van der Waals surface area contributed by atoms with Gasteiger partial charge in [0.1, 0.15) is 10.7 Å². The fourth-order valence-corrected chi connectivity index (χ4v) is 2.92. The summed E-state index contributed by atoms with van der Waals surface area (Å²) in [6, 6.07) is 8.34. The second kappa shape index (κ2) is 7.17. The molecule has 3 nitrogen and oxygen atoms in total. The minimum absolute atomic E-state index is 0.605. The highest BCUT2D eigenvalue weighted by Crippen LogP contribution is 2.28. The Bertz CT molecular complexity index is 627. The second-order valence-electron chi connectivity index (χ2n) is 4.08. The average Bonchev–Trinajstić information content (AvgIpc) is 2.94. The van der Waals surface area contributed by atoms with Crippen molar-refractivity contribution in [1.29, 1.82) is 0 Å². The first kappa shape index (κ1) is 14.7. The van der Waals surface area contributed by atoms with Crippen LogP contribution in [0, 0.1) is 6.92 Å². The lowest BCUT2D eigenvalue weighted by atomic mass is 10.2. The fourth-order valence-electron chi connectivity index (χ4n) is 1.57. The van der Waals surface area contributed by atoms with Crippen molar-refractivity contribution in [3.05, 3.63) is 46.3 Å². The number of benzene rings is 1. The van der Waals surface area contributed by atoms with Crippen molar-refractivity contribution in [2.24, 2.45) is 9.98 Å². The van der Waals surface area contributed by atoms with E-state index in [1.807, 2.05) is 10.8 Å². The van der Waals surface area contributed by atoms with Crippen LogP contribution in [0.15, 0.2) is 45.0 Å². The molecule has 0 unspecified atom stereocenters. The molecular formula is C15H15N3S2. The molecule has 102 valence electrons. The molecule has 0 saturated heterocycles. The minimum atomic E-state index is 0.605. The number of hydrogen-bond acceptors (Lipinski definition) is 5. The molecule has 5 heteroatoms. The van der Waals surface area contributed by atoms with Crippen LogP contribution in [0.2, 0.25) is 0 Å². The van der Waals surface area contributed by atoms with E-state index in [2.05, 4.69) is 59.6 Å². The van der Waals surface area contributed by atoms with E-state index in [-0.39, 0.29) is 0 Å². The molecule has 20 heavy (non-hydrogen) atoms. The monoisotopic (exact) mass is 301 g/mol. The highest BCUT2D eigenvalue weighted by Gasteiger charge is 2.07. The summed E-state index contributed by atoms with van der Waals surface area (Å²) >= 11 is 3.13. The van der Waals surface area contributed by atoms with Gasteiger partial charge in [0.05, 0.1) is 11.6 Å². The Morgan fingerprint density at radius 2 is 2.10 bits per heavy atom. The first-order valence-corrected chi connectivity index (χ1v) is 7.91. The van der Waals surface area contributed by atoms with Gasteiger partial charge >= 0.3 is 0 Å². The molecule has 0 aliphatic carbocycles. The summed E-state index contributed by atoms with van der Waals surface area (Å²) in [7, 11) is 0. The van der Waals surface area contributed by atoms with Crippen molar-refractivity contribution in [2.45, 2.75) is 6.92 Å². The Kier molecular flexibility index (Phi) is 5.26. The Morgan fingerprint density at radius 3 is 2.75 bits per heavy atom. The van der Waals surface area contributed by atoms with E-state index in [9.17, 15) is 0 Å². The van der Waals surface area contributed by atoms with Crippen molar-refractivity contribution in [3.63, 3.8) is 0 Å². The van der Waals surface area contributed by atoms with Crippen LogP contribution in [0.3, 0.4) is 0 Å². The first-order chi connectivity index (χ1) is 9.74. The van der Waals surface area contributed by atoms with E-state index < -0.39 is 0 Å². The van der Waals surface area contributed by atoms with Crippen LogP contribution in [-0.4, -0.2) is 24.3 Å². The number of hydrogen-bond donors (Lipinski definition) is 0. The maximum Gasteiger partial charge on any atom is 0.124 e. The first-order valence-electron chi connectivity index (χ1n) is 5.98. The van der Waals surface area contributed by atoms with Gasteiger partial charge in [-0.1, -0.05) is 29.8 Å². The summed E-state index contributed by atoms with van der Waals surface area (Å²) in [5.74, 6) is 0.605. The van der Waals surface area contributed by atoms with Crippen LogP contribution in [0.1, 0.15) is 11.3 Å². The van der Waals surface area contributed by atoms with Crippen molar-refractivity contribution in [3.8, 4) is 10.6 Å². The van der Waals surface area contributed by atoms with Gasteiger partial charge in [0, 0.05) is 16.4 Å². The summed E-state index contributed by atoms with van der Waals surface area (Å²) in [5.41, 5.74) is 3.98. The van der Waals surface area contributed by atoms with E-state index in [0.29, 0.717) is 5.88 Å². The third kappa shape index (κ3) is 3.65. The quantitative estimate of drug-likeness (QED) is 0.581. The van der Waals surface area contributed by atoms with Gasteiger partial charge in [-0.05, 0) is 20.4 Å². The van der Waals surface area contributed by atoms with Crippen molar-refractivity contribution < 1.29 is 0 Å². The molecule has 0 N–H and O–H groups in total. The van der Waals surface area contributed by atoms with Crippen LogP contribution in [0.5, 0.6) is 0 Å².